The van der Waals surface area contributed by atoms with Crippen LogP contribution < -0.4 is 10.2 Å². The molecule has 0 unspecified atom stereocenters. The van der Waals surface area contributed by atoms with Gasteiger partial charge in [0.2, 0.25) is 0 Å². The fraction of sp³-hybridized carbons (Fsp3) is 0.100. The Morgan fingerprint density at radius 1 is 1.24 bits per heavy atom. The van der Waals surface area contributed by atoms with Gasteiger partial charge in [-0.25, -0.2) is 5.43 Å². The van der Waals surface area contributed by atoms with Gasteiger partial charge in [0.05, 0.1) is 23.3 Å². The lowest BCUT2D eigenvalue weighted by Crippen LogP contribution is -2.17. The molecule has 0 bridgehead atoms. The Hall–Kier alpha value is -3.65. The third kappa shape index (κ3) is 4.99. The Kier molecular flexibility index (Phi) is 6.25. The highest BCUT2D eigenvalue weighted by Gasteiger charge is 2.18. The number of nitro groups is 1. The van der Waals surface area contributed by atoms with Crippen LogP contribution in [0.4, 0.5) is 5.69 Å². The molecule has 1 heterocycles. The van der Waals surface area contributed by atoms with E-state index in [0.717, 1.165) is 0 Å². The summed E-state index contributed by atoms with van der Waals surface area (Å²) in [5, 5.41) is 15.3. The van der Waals surface area contributed by atoms with E-state index < -0.39 is 10.8 Å². The van der Waals surface area contributed by atoms with E-state index in [1.54, 1.807) is 36.4 Å². The number of amides is 1. The van der Waals surface area contributed by atoms with E-state index in [-0.39, 0.29) is 22.0 Å². The van der Waals surface area contributed by atoms with Gasteiger partial charge in [0, 0.05) is 16.7 Å². The standard InChI is InChI=1S/C20H16ClN3O5/c1-2-28-15-6-3-13(4-7-15)20(25)23-22-12-16-8-10-19(29-16)17-9-5-14(21)11-18(17)24(26)27/h3-12H,2H2,1H3,(H,23,25)/b22-12-. The average Bonchev–Trinajstić information content (AvgIpc) is 3.17. The van der Waals surface area contributed by atoms with Crippen LogP contribution in [0, 0.1) is 10.1 Å². The maximum Gasteiger partial charge on any atom is 0.281 e. The summed E-state index contributed by atoms with van der Waals surface area (Å²) in [4.78, 5) is 22.8. The Bertz CT molecular complexity index is 1060. The summed E-state index contributed by atoms with van der Waals surface area (Å²) in [7, 11) is 0. The zero-order chi connectivity index (χ0) is 20.8. The van der Waals surface area contributed by atoms with Crippen molar-refractivity contribution in [3.8, 4) is 17.1 Å². The second-order valence-electron chi connectivity index (χ2n) is 5.78. The number of benzene rings is 2. The van der Waals surface area contributed by atoms with Crippen LogP contribution in [0.25, 0.3) is 11.3 Å². The molecule has 3 aromatic rings. The summed E-state index contributed by atoms with van der Waals surface area (Å²) >= 11 is 5.82. The van der Waals surface area contributed by atoms with Crippen molar-refractivity contribution in [3.05, 3.63) is 81.1 Å². The Morgan fingerprint density at radius 2 is 2.00 bits per heavy atom. The molecule has 0 spiro atoms. The second-order valence-corrected chi connectivity index (χ2v) is 6.21. The first-order valence-corrected chi connectivity index (χ1v) is 8.96. The molecule has 1 N–H and O–H groups in total. The number of nitro benzene ring substituents is 1. The molecule has 0 saturated heterocycles. The molecule has 9 heteroatoms. The number of nitrogens with one attached hydrogen (secondary N) is 1. The van der Waals surface area contributed by atoms with Crippen molar-refractivity contribution in [3.63, 3.8) is 0 Å². The topological polar surface area (TPSA) is 107 Å². The molecule has 0 atom stereocenters. The van der Waals surface area contributed by atoms with E-state index in [4.69, 9.17) is 20.8 Å². The van der Waals surface area contributed by atoms with Crippen LogP contribution in [0.2, 0.25) is 5.02 Å². The normalized spacial score (nSPS) is 10.8. The van der Waals surface area contributed by atoms with Crippen LogP contribution in [-0.4, -0.2) is 23.7 Å². The van der Waals surface area contributed by atoms with Gasteiger partial charge in [-0.3, -0.25) is 14.9 Å². The SMILES string of the molecule is CCOc1ccc(C(=O)N/N=C\c2ccc(-c3ccc(Cl)cc3[N+](=O)[O-])o2)cc1. The van der Waals surface area contributed by atoms with Crippen LogP contribution >= 0.6 is 11.6 Å². The van der Waals surface area contributed by atoms with E-state index in [9.17, 15) is 14.9 Å². The molecule has 0 aliphatic heterocycles. The molecule has 0 saturated carbocycles. The molecule has 8 nitrogen and oxygen atoms in total. The first-order valence-electron chi connectivity index (χ1n) is 8.58. The Morgan fingerprint density at radius 3 is 2.69 bits per heavy atom. The van der Waals surface area contributed by atoms with Gasteiger partial charge in [0.1, 0.15) is 17.3 Å². The Balaban J connectivity index is 1.68. The van der Waals surface area contributed by atoms with Crippen molar-refractivity contribution < 1.29 is 18.9 Å². The smallest absolute Gasteiger partial charge is 0.281 e. The molecule has 1 aromatic heterocycles. The van der Waals surface area contributed by atoms with Gasteiger partial charge in [-0.05, 0) is 55.5 Å². The molecule has 29 heavy (non-hydrogen) atoms. The number of hydrogen-bond donors (Lipinski definition) is 1. The van der Waals surface area contributed by atoms with Crippen molar-refractivity contribution in [1.29, 1.82) is 0 Å². The lowest BCUT2D eigenvalue weighted by atomic mass is 10.1. The van der Waals surface area contributed by atoms with Crippen LogP contribution in [0.1, 0.15) is 23.0 Å². The molecule has 0 fully saturated rings. The van der Waals surface area contributed by atoms with Gasteiger partial charge < -0.3 is 9.15 Å². The lowest BCUT2D eigenvalue weighted by Gasteiger charge is -2.03. The van der Waals surface area contributed by atoms with Gasteiger partial charge in [-0.2, -0.15) is 5.10 Å². The van der Waals surface area contributed by atoms with Crippen molar-refractivity contribution in [2.24, 2.45) is 5.10 Å². The first-order chi connectivity index (χ1) is 14.0. The number of hydrogen-bond acceptors (Lipinski definition) is 6. The number of ether oxygens (including phenoxy) is 1. The van der Waals surface area contributed by atoms with Gasteiger partial charge in [0.25, 0.3) is 11.6 Å². The highest BCUT2D eigenvalue weighted by Crippen LogP contribution is 2.33. The second kappa shape index (κ2) is 9.03. The molecule has 0 radical (unpaired) electrons. The number of carbonyl (C=O) groups is 1. The van der Waals surface area contributed by atoms with E-state index in [2.05, 4.69) is 10.5 Å². The highest BCUT2D eigenvalue weighted by molar-refractivity contribution is 6.30. The average molecular weight is 414 g/mol. The quantitative estimate of drug-likeness (QED) is 0.344. The molecule has 0 aliphatic carbocycles. The summed E-state index contributed by atoms with van der Waals surface area (Å²) in [5.41, 5.74) is 2.93. The third-order valence-corrected chi connectivity index (χ3v) is 4.07. The molecule has 0 aliphatic rings. The van der Waals surface area contributed by atoms with Crippen LogP contribution in [0.5, 0.6) is 5.75 Å². The predicted octanol–water partition coefficient (Wildman–Crippen LogP) is 4.67. The molecular formula is C20H16ClN3O5. The fourth-order valence-electron chi connectivity index (χ4n) is 2.52. The lowest BCUT2D eigenvalue weighted by molar-refractivity contribution is -0.384. The summed E-state index contributed by atoms with van der Waals surface area (Å²) in [5.74, 6) is 0.875. The molecule has 3 rings (SSSR count). The number of rotatable bonds is 7. The fourth-order valence-corrected chi connectivity index (χ4v) is 2.69. The van der Waals surface area contributed by atoms with E-state index in [0.29, 0.717) is 23.7 Å². The van der Waals surface area contributed by atoms with Crippen molar-refractivity contribution in [2.75, 3.05) is 6.61 Å². The van der Waals surface area contributed by atoms with Crippen molar-refractivity contribution >= 4 is 29.4 Å². The minimum Gasteiger partial charge on any atom is -0.494 e. The number of hydrazone groups is 1. The summed E-state index contributed by atoms with van der Waals surface area (Å²) in [6.07, 6.45) is 1.30. The minimum absolute atomic E-state index is 0.167. The maximum atomic E-state index is 12.1. The van der Waals surface area contributed by atoms with Gasteiger partial charge >= 0.3 is 0 Å². The first kappa shape index (κ1) is 20.1. The van der Waals surface area contributed by atoms with Crippen LogP contribution in [-0.2, 0) is 0 Å². The number of halogens is 1. The monoisotopic (exact) mass is 413 g/mol. The van der Waals surface area contributed by atoms with Crippen LogP contribution in [0.15, 0.2) is 64.1 Å². The zero-order valence-corrected chi connectivity index (χ0v) is 16.1. The number of carbonyl (C=O) groups excluding carboxylic acids is 1. The molecular weight excluding hydrogens is 398 g/mol. The minimum atomic E-state index is -0.533. The summed E-state index contributed by atoms with van der Waals surface area (Å²) < 4.78 is 10.9. The van der Waals surface area contributed by atoms with Crippen molar-refractivity contribution in [1.82, 2.24) is 5.43 Å². The van der Waals surface area contributed by atoms with Gasteiger partial charge in [-0.15, -0.1) is 0 Å². The molecule has 148 valence electrons. The van der Waals surface area contributed by atoms with Gasteiger partial charge in [0.15, 0.2) is 0 Å². The summed E-state index contributed by atoms with van der Waals surface area (Å²) in [6, 6.07) is 14.1. The molecule has 2 aromatic carbocycles. The number of furan rings is 1. The van der Waals surface area contributed by atoms with E-state index >= 15 is 0 Å². The van der Waals surface area contributed by atoms with Crippen LogP contribution in [0.3, 0.4) is 0 Å². The van der Waals surface area contributed by atoms with Gasteiger partial charge in [-0.1, -0.05) is 11.6 Å². The predicted molar refractivity (Wildman–Crippen MR) is 108 cm³/mol. The Labute approximate surface area is 170 Å². The third-order valence-electron chi connectivity index (χ3n) is 3.83. The maximum absolute atomic E-state index is 12.1. The summed E-state index contributed by atoms with van der Waals surface area (Å²) in [6.45, 7) is 2.42. The molecule has 1 amide bonds. The highest BCUT2D eigenvalue weighted by atomic mass is 35.5. The largest absolute Gasteiger partial charge is 0.494 e. The zero-order valence-electron chi connectivity index (χ0n) is 15.3. The van der Waals surface area contributed by atoms with Crippen molar-refractivity contribution in [2.45, 2.75) is 6.92 Å². The van der Waals surface area contributed by atoms with E-state index in [1.807, 2.05) is 6.92 Å². The number of nitrogens with zero attached hydrogens (tertiary/aromatic N) is 2. The van der Waals surface area contributed by atoms with E-state index in [1.165, 1.54) is 24.4 Å².